The van der Waals surface area contributed by atoms with Crippen molar-refractivity contribution in [1.82, 2.24) is 4.90 Å². The molecule has 0 atom stereocenters. The summed E-state index contributed by atoms with van der Waals surface area (Å²) in [5.41, 5.74) is 0.914. The van der Waals surface area contributed by atoms with Crippen molar-refractivity contribution in [3.8, 4) is 11.5 Å². The van der Waals surface area contributed by atoms with Gasteiger partial charge in [-0.05, 0) is 26.7 Å². The smallest absolute Gasteiger partial charge is 0.162 e. The van der Waals surface area contributed by atoms with Gasteiger partial charge in [0.15, 0.2) is 11.5 Å². The fourth-order valence-electron chi connectivity index (χ4n) is 2.74. The highest BCUT2D eigenvalue weighted by atomic mass is 35.5. The third-order valence-corrected chi connectivity index (χ3v) is 4.41. The minimum Gasteiger partial charge on any atom is -0.493 e. The van der Waals surface area contributed by atoms with Crippen molar-refractivity contribution in [1.29, 1.82) is 0 Å². The number of anilines is 1. The summed E-state index contributed by atoms with van der Waals surface area (Å²) in [6, 6.07) is 4.79. The Kier molecular flexibility index (Phi) is 5.59. The molecule has 1 aromatic carbocycles. The quantitative estimate of drug-likeness (QED) is 0.900. The lowest BCUT2D eigenvalue weighted by Gasteiger charge is -2.35. The van der Waals surface area contributed by atoms with Gasteiger partial charge in [-0.2, -0.15) is 0 Å². The maximum atomic E-state index is 6.33. The molecule has 118 valence electrons. The van der Waals surface area contributed by atoms with Crippen molar-refractivity contribution in [3.63, 3.8) is 0 Å². The molecule has 0 amide bonds. The second-order valence-corrected chi connectivity index (χ2v) is 6.14. The molecule has 0 spiro atoms. The molecule has 1 fully saturated rings. The Labute approximate surface area is 132 Å². The maximum Gasteiger partial charge on any atom is 0.162 e. The number of likely N-dealkylation sites (tertiary alicyclic amines) is 1. The van der Waals surface area contributed by atoms with E-state index in [2.05, 4.69) is 24.1 Å². The van der Waals surface area contributed by atoms with Crippen LogP contribution in [0.4, 0.5) is 5.69 Å². The molecule has 0 aliphatic carbocycles. The van der Waals surface area contributed by atoms with Gasteiger partial charge in [-0.1, -0.05) is 11.6 Å². The van der Waals surface area contributed by atoms with E-state index in [-0.39, 0.29) is 0 Å². The Morgan fingerprint density at radius 2 is 1.71 bits per heavy atom. The number of methoxy groups -OCH3 is 2. The van der Waals surface area contributed by atoms with E-state index in [1.54, 1.807) is 20.3 Å². The molecule has 1 aromatic rings. The molecule has 2 rings (SSSR count). The number of nitrogens with one attached hydrogen (secondary N) is 1. The van der Waals surface area contributed by atoms with E-state index in [1.807, 2.05) is 6.07 Å². The predicted molar refractivity (Wildman–Crippen MR) is 87.9 cm³/mol. The number of benzene rings is 1. The molecule has 1 N–H and O–H groups in total. The second-order valence-electron chi connectivity index (χ2n) is 5.74. The SMILES string of the molecule is COc1cc(Cl)c(NC2CCN(C(C)C)CC2)cc1OC. The van der Waals surface area contributed by atoms with Crippen molar-refractivity contribution in [2.75, 3.05) is 32.6 Å². The van der Waals surface area contributed by atoms with Gasteiger partial charge in [-0.15, -0.1) is 0 Å². The summed E-state index contributed by atoms with van der Waals surface area (Å²) in [5, 5.41) is 4.21. The average molecular weight is 313 g/mol. The Bertz CT molecular complexity index is 472. The molecule has 0 saturated carbocycles. The van der Waals surface area contributed by atoms with E-state index >= 15 is 0 Å². The molecule has 0 radical (unpaired) electrons. The lowest BCUT2D eigenvalue weighted by molar-refractivity contribution is 0.177. The van der Waals surface area contributed by atoms with Crippen LogP contribution in [0.5, 0.6) is 11.5 Å². The van der Waals surface area contributed by atoms with Gasteiger partial charge in [-0.25, -0.2) is 0 Å². The Balaban J connectivity index is 2.03. The topological polar surface area (TPSA) is 33.7 Å². The normalized spacial score (nSPS) is 17.0. The largest absolute Gasteiger partial charge is 0.493 e. The summed E-state index contributed by atoms with van der Waals surface area (Å²) < 4.78 is 10.6. The summed E-state index contributed by atoms with van der Waals surface area (Å²) in [6.07, 6.45) is 2.26. The molecular weight excluding hydrogens is 288 g/mol. The summed E-state index contributed by atoms with van der Waals surface area (Å²) in [6.45, 7) is 6.75. The number of piperidine rings is 1. The third kappa shape index (κ3) is 3.95. The minimum atomic E-state index is 0.454. The van der Waals surface area contributed by atoms with E-state index < -0.39 is 0 Å². The number of ether oxygens (including phenoxy) is 2. The highest BCUT2D eigenvalue weighted by molar-refractivity contribution is 6.33. The molecule has 1 aliphatic heterocycles. The monoisotopic (exact) mass is 312 g/mol. The van der Waals surface area contributed by atoms with Crippen molar-refractivity contribution in [2.24, 2.45) is 0 Å². The maximum absolute atomic E-state index is 6.33. The van der Waals surface area contributed by atoms with Crippen molar-refractivity contribution < 1.29 is 9.47 Å². The van der Waals surface area contributed by atoms with Gasteiger partial charge in [0.2, 0.25) is 0 Å². The van der Waals surface area contributed by atoms with Crippen LogP contribution in [-0.4, -0.2) is 44.3 Å². The number of nitrogens with zero attached hydrogens (tertiary/aromatic N) is 1. The highest BCUT2D eigenvalue weighted by Gasteiger charge is 2.21. The first-order chi connectivity index (χ1) is 10.0. The average Bonchev–Trinajstić information content (AvgIpc) is 2.49. The third-order valence-electron chi connectivity index (χ3n) is 4.09. The molecule has 1 aliphatic rings. The molecule has 0 aromatic heterocycles. The van der Waals surface area contributed by atoms with Crippen LogP contribution in [0.25, 0.3) is 0 Å². The summed E-state index contributed by atoms with van der Waals surface area (Å²) in [5.74, 6) is 1.35. The van der Waals surface area contributed by atoms with E-state index in [9.17, 15) is 0 Å². The Hall–Kier alpha value is -1.13. The molecule has 0 unspecified atom stereocenters. The van der Waals surface area contributed by atoms with Crippen molar-refractivity contribution in [2.45, 2.75) is 38.8 Å². The van der Waals surface area contributed by atoms with Gasteiger partial charge in [-0.3, -0.25) is 0 Å². The number of hydrogen-bond acceptors (Lipinski definition) is 4. The van der Waals surface area contributed by atoms with Gasteiger partial charge in [0.05, 0.1) is 24.9 Å². The van der Waals surface area contributed by atoms with E-state index in [4.69, 9.17) is 21.1 Å². The summed E-state index contributed by atoms with van der Waals surface area (Å²) >= 11 is 6.33. The first-order valence-electron chi connectivity index (χ1n) is 7.47. The molecule has 21 heavy (non-hydrogen) atoms. The van der Waals surface area contributed by atoms with E-state index in [0.29, 0.717) is 28.6 Å². The van der Waals surface area contributed by atoms with Crippen LogP contribution in [0, 0.1) is 0 Å². The lowest BCUT2D eigenvalue weighted by Crippen LogP contribution is -2.42. The van der Waals surface area contributed by atoms with Gasteiger partial charge < -0.3 is 19.7 Å². The van der Waals surface area contributed by atoms with Gasteiger partial charge in [0.25, 0.3) is 0 Å². The van der Waals surface area contributed by atoms with Crippen molar-refractivity contribution in [3.05, 3.63) is 17.2 Å². The standard InChI is InChI=1S/C16H25ClN2O2/c1-11(2)19-7-5-12(6-8-19)18-14-10-16(21-4)15(20-3)9-13(14)17/h9-12,18H,5-8H2,1-4H3. The molecule has 5 heteroatoms. The fraction of sp³-hybridized carbons (Fsp3) is 0.625. The molecule has 4 nitrogen and oxygen atoms in total. The van der Waals surface area contributed by atoms with Crippen LogP contribution < -0.4 is 14.8 Å². The van der Waals surface area contributed by atoms with Crippen LogP contribution in [0.3, 0.4) is 0 Å². The molecule has 0 bridgehead atoms. The number of hydrogen-bond donors (Lipinski definition) is 1. The summed E-state index contributed by atoms with van der Waals surface area (Å²) in [7, 11) is 3.25. The Morgan fingerprint density at radius 1 is 1.14 bits per heavy atom. The van der Waals surface area contributed by atoms with Gasteiger partial charge >= 0.3 is 0 Å². The van der Waals surface area contributed by atoms with Crippen LogP contribution in [0.1, 0.15) is 26.7 Å². The van der Waals surface area contributed by atoms with Crippen LogP contribution >= 0.6 is 11.6 Å². The molecule has 1 heterocycles. The van der Waals surface area contributed by atoms with Gasteiger partial charge in [0.1, 0.15) is 0 Å². The highest BCUT2D eigenvalue weighted by Crippen LogP contribution is 2.36. The zero-order valence-corrected chi connectivity index (χ0v) is 14.0. The molecular formula is C16H25ClN2O2. The first kappa shape index (κ1) is 16.2. The zero-order chi connectivity index (χ0) is 15.4. The van der Waals surface area contributed by atoms with Crippen LogP contribution in [0.2, 0.25) is 5.02 Å². The van der Waals surface area contributed by atoms with Crippen LogP contribution in [0.15, 0.2) is 12.1 Å². The zero-order valence-electron chi connectivity index (χ0n) is 13.3. The number of halogens is 1. The van der Waals surface area contributed by atoms with Crippen molar-refractivity contribution >= 4 is 17.3 Å². The molecule has 1 saturated heterocycles. The van der Waals surface area contributed by atoms with E-state index in [1.165, 1.54) is 0 Å². The first-order valence-corrected chi connectivity index (χ1v) is 7.85. The van der Waals surface area contributed by atoms with E-state index in [0.717, 1.165) is 31.6 Å². The fourth-order valence-corrected chi connectivity index (χ4v) is 2.95. The summed E-state index contributed by atoms with van der Waals surface area (Å²) in [4.78, 5) is 2.51. The van der Waals surface area contributed by atoms with Crippen LogP contribution in [-0.2, 0) is 0 Å². The minimum absolute atomic E-state index is 0.454. The number of rotatable bonds is 5. The lowest BCUT2D eigenvalue weighted by atomic mass is 10.0. The van der Waals surface area contributed by atoms with Gasteiger partial charge in [0, 0.05) is 37.3 Å². The predicted octanol–water partition coefficient (Wildman–Crippen LogP) is 3.64. The second kappa shape index (κ2) is 7.23. The Morgan fingerprint density at radius 3 is 2.24 bits per heavy atom.